The predicted molar refractivity (Wildman–Crippen MR) is 87.2 cm³/mol. The lowest BCUT2D eigenvalue weighted by atomic mass is 9.98. The van der Waals surface area contributed by atoms with Gasteiger partial charge in [-0.25, -0.2) is 0 Å². The van der Waals surface area contributed by atoms with Crippen molar-refractivity contribution < 1.29 is 4.74 Å². The van der Waals surface area contributed by atoms with Crippen molar-refractivity contribution in [2.75, 3.05) is 26.2 Å². The van der Waals surface area contributed by atoms with E-state index in [1.807, 2.05) is 25.1 Å². The van der Waals surface area contributed by atoms with Crippen molar-refractivity contribution >= 4 is 24.0 Å². The molecule has 0 radical (unpaired) electrons. The summed E-state index contributed by atoms with van der Waals surface area (Å²) in [6, 6.07) is 5.86. The molecule has 0 amide bonds. The van der Waals surface area contributed by atoms with Crippen LogP contribution in [-0.4, -0.2) is 26.2 Å². The third-order valence-corrected chi connectivity index (χ3v) is 3.77. The van der Waals surface area contributed by atoms with Crippen LogP contribution in [0.1, 0.15) is 25.3 Å². The second kappa shape index (κ2) is 9.46. The fraction of sp³-hybridized carbons (Fsp3) is 0.600. The minimum Gasteiger partial charge on any atom is -0.493 e. The van der Waals surface area contributed by atoms with Crippen molar-refractivity contribution in [3.05, 3.63) is 28.8 Å². The van der Waals surface area contributed by atoms with Crippen LogP contribution in [0.2, 0.25) is 5.02 Å². The van der Waals surface area contributed by atoms with E-state index in [0.717, 1.165) is 42.9 Å². The molecular formula is C15H24Cl2N2O. The van der Waals surface area contributed by atoms with E-state index < -0.39 is 0 Å². The molecule has 0 saturated carbocycles. The quantitative estimate of drug-likeness (QED) is 0.844. The molecule has 2 rings (SSSR count). The van der Waals surface area contributed by atoms with Gasteiger partial charge in [0, 0.05) is 17.1 Å². The number of benzene rings is 1. The summed E-state index contributed by atoms with van der Waals surface area (Å²) in [6.07, 6.45) is 2.54. The highest BCUT2D eigenvalue weighted by Crippen LogP contribution is 2.23. The number of hydrogen-bond donors (Lipinski definition) is 2. The lowest BCUT2D eigenvalue weighted by Gasteiger charge is -2.23. The van der Waals surface area contributed by atoms with E-state index in [-0.39, 0.29) is 12.4 Å². The first kappa shape index (κ1) is 17.6. The molecule has 0 atom stereocenters. The van der Waals surface area contributed by atoms with Crippen LogP contribution in [0.25, 0.3) is 0 Å². The zero-order valence-electron chi connectivity index (χ0n) is 12.0. The molecule has 1 fully saturated rings. The Balaban J connectivity index is 0.00000200. The van der Waals surface area contributed by atoms with E-state index in [0.29, 0.717) is 6.61 Å². The molecule has 20 heavy (non-hydrogen) atoms. The molecule has 1 aliphatic heterocycles. The Labute approximate surface area is 132 Å². The Hall–Kier alpha value is -0.480. The number of nitrogens with one attached hydrogen (secondary N) is 2. The van der Waals surface area contributed by atoms with E-state index in [9.17, 15) is 0 Å². The molecule has 0 spiro atoms. The maximum Gasteiger partial charge on any atom is 0.125 e. The summed E-state index contributed by atoms with van der Waals surface area (Å²) >= 11 is 6.00. The Morgan fingerprint density at radius 2 is 2.10 bits per heavy atom. The van der Waals surface area contributed by atoms with Crippen LogP contribution in [0, 0.1) is 5.92 Å². The molecule has 5 heteroatoms. The van der Waals surface area contributed by atoms with Gasteiger partial charge in [-0.3, -0.25) is 0 Å². The summed E-state index contributed by atoms with van der Waals surface area (Å²) in [5.74, 6) is 1.69. The zero-order chi connectivity index (χ0) is 13.5. The van der Waals surface area contributed by atoms with Gasteiger partial charge in [0.1, 0.15) is 5.75 Å². The molecule has 0 aliphatic carbocycles. The molecule has 3 nitrogen and oxygen atoms in total. The molecule has 1 heterocycles. The highest BCUT2D eigenvalue weighted by atomic mass is 35.5. The Kier molecular flexibility index (Phi) is 8.31. The largest absolute Gasteiger partial charge is 0.493 e. The number of hydrogen-bond acceptors (Lipinski definition) is 3. The van der Waals surface area contributed by atoms with Crippen LogP contribution >= 0.6 is 24.0 Å². The number of rotatable bonds is 6. The molecule has 1 aromatic rings. The summed E-state index contributed by atoms with van der Waals surface area (Å²) in [5, 5.41) is 7.66. The summed E-state index contributed by atoms with van der Waals surface area (Å²) in [4.78, 5) is 0. The smallest absolute Gasteiger partial charge is 0.125 e. The van der Waals surface area contributed by atoms with Crippen LogP contribution in [-0.2, 0) is 6.54 Å². The Morgan fingerprint density at radius 3 is 2.80 bits per heavy atom. The molecule has 1 aromatic carbocycles. The van der Waals surface area contributed by atoms with Crippen LogP contribution in [0.3, 0.4) is 0 Å². The number of ether oxygens (including phenoxy) is 1. The Morgan fingerprint density at radius 1 is 1.35 bits per heavy atom. The molecule has 0 bridgehead atoms. The maximum absolute atomic E-state index is 6.00. The number of halogens is 2. The van der Waals surface area contributed by atoms with Gasteiger partial charge in [-0.2, -0.15) is 0 Å². The first-order valence-corrected chi connectivity index (χ1v) is 7.50. The molecule has 2 N–H and O–H groups in total. The Bertz CT molecular complexity index is 395. The highest BCUT2D eigenvalue weighted by molar-refractivity contribution is 6.30. The van der Waals surface area contributed by atoms with Crippen molar-refractivity contribution in [1.82, 2.24) is 10.6 Å². The fourth-order valence-corrected chi connectivity index (χ4v) is 2.62. The third-order valence-electron chi connectivity index (χ3n) is 3.54. The summed E-state index contributed by atoms with van der Waals surface area (Å²) in [6.45, 7) is 6.88. The molecular weight excluding hydrogens is 295 g/mol. The van der Waals surface area contributed by atoms with E-state index in [2.05, 4.69) is 10.6 Å². The number of piperidine rings is 1. The van der Waals surface area contributed by atoms with Crippen molar-refractivity contribution in [2.45, 2.75) is 26.3 Å². The molecule has 1 saturated heterocycles. The molecule has 114 valence electrons. The molecule has 0 aromatic heterocycles. The fourth-order valence-electron chi connectivity index (χ4n) is 2.46. The van der Waals surface area contributed by atoms with Crippen LogP contribution < -0.4 is 15.4 Å². The average molecular weight is 319 g/mol. The average Bonchev–Trinajstić information content (AvgIpc) is 2.43. The van der Waals surface area contributed by atoms with Gasteiger partial charge in [0.15, 0.2) is 0 Å². The second-order valence-corrected chi connectivity index (χ2v) is 5.45. The summed E-state index contributed by atoms with van der Waals surface area (Å²) in [7, 11) is 0. The maximum atomic E-state index is 6.00. The van der Waals surface area contributed by atoms with Crippen molar-refractivity contribution in [3.8, 4) is 5.75 Å². The predicted octanol–water partition coefficient (Wildman–Crippen LogP) is 3.25. The van der Waals surface area contributed by atoms with Crippen LogP contribution in [0.4, 0.5) is 0 Å². The van der Waals surface area contributed by atoms with Gasteiger partial charge in [0.25, 0.3) is 0 Å². The van der Waals surface area contributed by atoms with Gasteiger partial charge in [0.05, 0.1) is 6.61 Å². The van der Waals surface area contributed by atoms with E-state index >= 15 is 0 Å². The van der Waals surface area contributed by atoms with Gasteiger partial charge in [-0.15, -0.1) is 12.4 Å². The first-order valence-electron chi connectivity index (χ1n) is 7.12. The summed E-state index contributed by atoms with van der Waals surface area (Å²) in [5.41, 5.74) is 1.18. The van der Waals surface area contributed by atoms with Gasteiger partial charge in [-0.05, 0) is 57.5 Å². The zero-order valence-corrected chi connectivity index (χ0v) is 13.5. The monoisotopic (exact) mass is 318 g/mol. The van der Waals surface area contributed by atoms with Crippen LogP contribution in [0.5, 0.6) is 5.75 Å². The van der Waals surface area contributed by atoms with Crippen LogP contribution in [0.15, 0.2) is 18.2 Å². The summed E-state index contributed by atoms with van der Waals surface area (Å²) < 4.78 is 5.63. The minimum absolute atomic E-state index is 0. The van der Waals surface area contributed by atoms with E-state index in [1.54, 1.807) is 0 Å². The van der Waals surface area contributed by atoms with E-state index in [4.69, 9.17) is 16.3 Å². The second-order valence-electron chi connectivity index (χ2n) is 5.01. The standard InChI is InChI=1S/C15H23ClN2O.ClH/c1-2-19-15-9-14(16)4-3-13(15)11-18-10-12-5-7-17-8-6-12;/h3-4,9,12,17-18H,2,5-8,10-11H2,1H3;1H. The molecule has 1 aliphatic rings. The van der Waals surface area contributed by atoms with Crippen molar-refractivity contribution in [2.24, 2.45) is 5.92 Å². The van der Waals surface area contributed by atoms with Crippen molar-refractivity contribution in [1.29, 1.82) is 0 Å². The third kappa shape index (κ3) is 5.49. The van der Waals surface area contributed by atoms with Gasteiger partial charge >= 0.3 is 0 Å². The lowest BCUT2D eigenvalue weighted by molar-refractivity contribution is 0.331. The van der Waals surface area contributed by atoms with E-state index in [1.165, 1.54) is 18.4 Å². The minimum atomic E-state index is 0. The van der Waals surface area contributed by atoms with Gasteiger partial charge in [-0.1, -0.05) is 17.7 Å². The normalized spacial score (nSPS) is 15.7. The van der Waals surface area contributed by atoms with Gasteiger partial charge in [0.2, 0.25) is 0 Å². The SMILES string of the molecule is CCOc1cc(Cl)ccc1CNCC1CCNCC1.Cl. The topological polar surface area (TPSA) is 33.3 Å². The molecule has 0 unspecified atom stereocenters. The highest BCUT2D eigenvalue weighted by Gasteiger charge is 2.12. The van der Waals surface area contributed by atoms with Gasteiger partial charge < -0.3 is 15.4 Å². The lowest BCUT2D eigenvalue weighted by Crippen LogP contribution is -2.33. The first-order chi connectivity index (χ1) is 9.29. The van der Waals surface area contributed by atoms with Crippen molar-refractivity contribution in [3.63, 3.8) is 0 Å².